The highest BCUT2D eigenvalue weighted by Gasteiger charge is 2.16. The van der Waals surface area contributed by atoms with E-state index in [-0.39, 0.29) is 11.3 Å². The molecule has 0 saturated heterocycles. The molecule has 27 heavy (non-hydrogen) atoms. The second-order valence-electron chi connectivity index (χ2n) is 6.61. The van der Waals surface area contributed by atoms with Crippen molar-refractivity contribution in [1.29, 1.82) is 0 Å². The van der Waals surface area contributed by atoms with Crippen molar-refractivity contribution in [1.82, 2.24) is 0 Å². The van der Waals surface area contributed by atoms with E-state index in [1.807, 2.05) is 43.3 Å². The normalized spacial score (nSPS) is 10.8. The number of carbonyl (C=O) groups is 1. The SMILES string of the molecule is CCN(CC)c1ccc(C(=O)c2cc3ccc(N(C)C)cc3oc2=O)cc1. The first-order valence-corrected chi connectivity index (χ1v) is 9.09. The number of carbonyl (C=O) groups excluding carboxylic acids is 1. The average Bonchev–Trinajstić information content (AvgIpc) is 2.68. The van der Waals surface area contributed by atoms with E-state index in [1.54, 1.807) is 24.3 Å². The maximum atomic E-state index is 12.8. The number of anilines is 2. The maximum Gasteiger partial charge on any atom is 0.347 e. The number of nitrogens with zero attached hydrogens (tertiary/aromatic N) is 2. The topological polar surface area (TPSA) is 53.8 Å². The minimum absolute atomic E-state index is 0.0516. The Labute approximate surface area is 158 Å². The third-order valence-corrected chi connectivity index (χ3v) is 4.74. The standard InChI is InChI=1S/C22H24N2O3/c1-5-24(6-2)17-10-7-15(8-11-17)21(25)19-13-16-9-12-18(23(3)4)14-20(16)27-22(19)26/h7-14H,5-6H2,1-4H3. The number of fused-ring (bicyclic) bond motifs is 1. The van der Waals surface area contributed by atoms with Crippen LogP contribution in [0.4, 0.5) is 11.4 Å². The molecule has 0 aliphatic carbocycles. The molecule has 0 unspecified atom stereocenters. The van der Waals surface area contributed by atoms with Crippen molar-refractivity contribution < 1.29 is 9.21 Å². The third kappa shape index (κ3) is 3.72. The van der Waals surface area contributed by atoms with Gasteiger partial charge >= 0.3 is 5.63 Å². The van der Waals surface area contributed by atoms with Crippen LogP contribution < -0.4 is 15.4 Å². The highest BCUT2D eigenvalue weighted by molar-refractivity contribution is 6.10. The Balaban J connectivity index is 1.97. The molecular formula is C22H24N2O3. The van der Waals surface area contributed by atoms with E-state index < -0.39 is 5.63 Å². The summed E-state index contributed by atoms with van der Waals surface area (Å²) in [6.45, 7) is 5.97. The van der Waals surface area contributed by atoms with Gasteiger partial charge in [0.1, 0.15) is 11.1 Å². The van der Waals surface area contributed by atoms with Gasteiger partial charge in [-0.3, -0.25) is 4.79 Å². The van der Waals surface area contributed by atoms with Crippen LogP contribution in [0.3, 0.4) is 0 Å². The fourth-order valence-corrected chi connectivity index (χ4v) is 3.10. The van der Waals surface area contributed by atoms with Crippen LogP contribution >= 0.6 is 0 Å². The van der Waals surface area contributed by atoms with Crippen molar-refractivity contribution >= 4 is 28.1 Å². The van der Waals surface area contributed by atoms with Gasteiger partial charge < -0.3 is 14.2 Å². The van der Waals surface area contributed by atoms with Crippen LogP contribution in [-0.2, 0) is 0 Å². The maximum absolute atomic E-state index is 12.8. The van der Waals surface area contributed by atoms with Gasteiger partial charge in [-0.15, -0.1) is 0 Å². The van der Waals surface area contributed by atoms with Gasteiger partial charge in [0, 0.05) is 55.6 Å². The Hall–Kier alpha value is -3.08. The number of hydrogen-bond donors (Lipinski definition) is 0. The van der Waals surface area contributed by atoms with E-state index in [9.17, 15) is 9.59 Å². The lowest BCUT2D eigenvalue weighted by atomic mass is 10.0. The van der Waals surface area contributed by atoms with Gasteiger partial charge in [-0.05, 0) is 56.3 Å². The zero-order valence-corrected chi connectivity index (χ0v) is 16.2. The minimum Gasteiger partial charge on any atom is -0.422 e. The monoisotopic (exact) mass is 364 g/mol. The fraction of sp³-hybridized carbons (Fsp3) is 0.273. The van der Waals surface area contributed by atoms with Crippen molar-refractivity contribution in [2.24, 2.45) is 0 Å². The zero-order chi connectivity index (χ0) is 19.6. The Kier molecular flexibility index (Phi) is 5.31. The molecule has 0 radical (unpaired) electrons. The van der Waals surface area contributed by atoms with E-state index in [0.29, 0.717) is 11.1 Å². The van der Waals surface area contributed by atoms with Crippen LogP contribution in [0.25, 0.3) is 11.0 Å². The van der Waals surface area contributed by atoms with E-state index in [0.717, 1.165) is 29.9 Å². The summed E-state index contributed by atoms with van der Waals surface area (Å²) >= 11 is 0. The van der Waals surface area contributed by atoms with Gasteiger partial charge in [-0.25, -0.2) is 4.79 Å². The highest BCUT2D eigenvalue weighted by Crippen LogP contribution is 2.22. The first kappa shape index (κ1) is 18.7. The predicted octanol–water partition coefficient (Wildman–Crippen LogP) is 3.94. The molecule has 5 nitrogen and oxygen atoms in total. The summed E-state index contributed by atoms with van der Waals surface area (Å²) in [7, 11) is 3.83. The summed E-state index contributed by atoms with van der Waals surface area (Å²) in [5, 5.41) is 0.725. The van der Waals surface area contributed by atoms with Gasteiger partial charge in [0.15, 0.2) is 5.78 Å². The van der Waals surface area contributed by atoms with Crippen LogP contribution in [0.15, 0.2) is 57.7 Å². The van der Waals surface area contributed by atoms with Crippen LogP contribution in [0, 0.1) is 0 Å². The Morgan fingerprint density at radius 3 is 2.15 bits per heavy atom. The third-order valence-electron chi connectivity index (χ3n) is 4.74. The lowest BCUT2D eigenvalue weighted by Gasteiger charge is -2.20. The Morgan fingerprint density at radius 2 is 1.56 bits per heavy atom. The molecule has 3 rings (SSSR count). The molecule has 0 aliphatic heterocycles. The summed E-state index contributed by atoms with van der Waals surface area (Å²) in [5.41, 5.74) is 2.36. The van der Waals surface area contributed by atoms with Gasteiger partial charge in [0.2, 0.25) is 0 Å². The molecular weight excluding hydrogens is 340 g/mol. The molecule has 1 heterocycles. The molecule has 0 spiro atoms. The minimum atomic E-state index is -0.615. The molecule has 5 heteroatoms. The molecule has 0 atom stereocenters. The highest BCUT2D eigenvalue weighted by atomic mass is 16.4. The van der Waals surface area contributed by atoms with Crippen LogP contribution in [0.2, 0.25) is 0 Å². The number of ketones is 1. The molecule has 0 saturated carbocycles. The Morgan fingerprint density at radius 1 is 0.926 bits per heavy atom. The van der Waals surface area contributed by atoms with Crippen LogP contribution in [0.1, 0.15) is 29.8 Å². The molecule has 1 aromatic heterocycles. The molecule has 0 N–H and O–H groups in total. The van der Waals surface area contributed by atoms with Gasteiger partial charge in [-0.2, -0.15) is 0 Å². The van der Waals surface area contributed by atoms with E-state index in [4.69, 9.17) is 4.42 Å². The summed E-state index contributed by atoms with van der Waals surface area (Å²) < 4.78 is 5.41. The molecule has 2 aromatic carbocycles. The average molecular weight is 364 g/mol. The molecule has 0 bridgehead atoms. The zero-order valence-electron chi connectivity index (χ0n) is 16.2. The molecule has 0 fully saturated rings. The van der Waals surface area contributed by atoms with Crippen LogP contribution in [-0.4, -0.2) is 33.0 Å². The molecule has 0 aliphatic rings. The van der Waals surface area contributed by atoms with Crippen molar-refractivity contribution in [3.05, 3.63) is 70.1 Å². The molecule has 3 aromatic rings. The van der Waals surface area contributed by atoms with Crippen molar-refractivity contribution in [2.75, 3.05) is 37.0 Å². The first-order chi connectivity index (χ1) is 12.9. The summed E-state index contributed by atoms with van der Waals surface area (Å²) in [6.07, 6.45) is 0. The summed E-state index contributed by atoms with van der Waals surface area (Å²) in [6, 6.07) is 14.5. The summed E-state index contributed by atoms with van der Waals surface area (Å²) in [4.78, 5) is 29.3. The van der Waals surface area contributed by atoms with Crippen molar-refractivity contribution in [2.45, 2.75) is 13.8 Å². The van der Waals surface area contributed by atoms with Crippen molar-refractivity contribution in [3.63, 3.8) is 0 Å². The van der Waals surface area contributed by atoms with Gasteiger partial charge in [0.25, 0.3) is 0 Å². The smallest absolute Gasteiger partial charge is 0.347 e. The van der Waals surface area contributed by atoms with E-state index in [1.165, 1.54) is 0 Å². The lowest BCUT2D eigenvalue weighted by Crippen LogP contribution is -2.21. The van der Waals surface area contributed by atoms with Crippen molar-refractivity contribution in [3.8, 4) is 0 Å². The van der Waals surface area contributed by atoms with Gasteiger partial charge in [-0.1, -0.05) is 0 Å². The second-order valence-corrected chi connectivity index (χ2v) is 6.61. The fourth-order valence-electron chi connectivity index (χ4n) is 3.10. The second kappa shape index (κ2) is 7.66. The van der Waals surface area contributed by atoms with E-state index in [2.05, 4.69) is 18.7 Å². The van der Waals surface area contributed by atoms with Crippen LogP contribution in [0.5, 0.6) is 0 Å². The number of hydrogen-bond acceptors (Lipinski definition) is 5. The number of benzene rings is 2. The number of rotatable bonds is 6. The lowest BCUT2D eigenvalue weighted by molar-refractivity contribution is 0.103. The first-order valence-electron chi connectivity index (χ1n) is 9.09. The molecule has 140 valence electrons. The quantitative estimate of drug-likeness (QED) is 0.490. The molecule has 0 amide bonds. The Bertz CT molecular complexity index is 1020. The largest absolute Gasteiger partial charge is 0.422 e. The predicted molar refractivity (Wildman–Crippen MR) is 110 cm³/mol. The van der Waals surface area contributed by atoms with E-state index >= 15 is 0 Å². The summed E-state index contributed by atoms with van der Waals surface area (Å²) in [5.74, 6) is -0.326. The van der Waals surface area contributed by atoms with Gasteiger partial charge in [0.05, 0.1) is 0 Å².